The molecule has 1 saturated heterocycles. The Morgan fingerprint density at radius 3 is 2.37 bits per heavy atom. The SMILES string of the molecule is COc1cc(NC(=O)c2ccccc2)c(C(=O)N2CC[C@@H](N)C2)cc1OC. The minimum absolute atomic E-state index is 0.0311. The van der Waals surface area contributed by atoms with Gasteiger partial charge in [0.25, 0.3) is 11.8 Å². The van der Waals surface area contributed by atoms with E-state index in [1.807, 2.05) is 6.07 Å². The molecule has 1 aliphatic rings. The molecule has 0 aromatic heterocycles. The average Bonchev–Trinajstić information content (AvgIpc) is 3.14. The highest BCUT2D eigenvalue weighted by Crippen LogP contribution is 2.34. The molecule has 1 atom stereocenters. The Morgan fingerprint density at radius 2 is 1.78 bits per heavy atom. The van der Waals surface area contributed by atoms with Gasteiger partial charge in [-0.2, -0.15) is 0 Å². The summed E-state index contributed by atoms with van der Waals surface area (Å²) in [5.41, 5.74) is 7.13. The smallest absolute Gasteiger partial charge is 0.256 e. The molecule has 0 spiro atoms. The fraction of sp³-hybridized carbons (Fsp3) is 0.300. The molecule has 7 nitrogen and oxygen atoms in total. The van der Waals surface area contributed by atoms with E-state index in [4.69, 9.17) is 15.2 Å². The van der Waals surface area contributed by atoms with Gasteiger partial charge in [0.1, 0.15) is 0 Å². The van der Waals surface area contributed by atoms with Gasteiger partial charge in [-0.15, -0.1) is 0 Å². The van der Waals surface area contributed by atoms with Crippen molar-refractivity contribution in [2.75, 3.05) is 32.6 Å². The van der Waals surface area contributed by atoms with Gasteiger partial charge in [-0.1, -0.05) is 18.2 Å². The maximum Gasteiger partial charge on any atom is 0.256 e. The van der Waals surface area contributed by atoms with Crippen molar-refractivity contribution in [2.24, 2.45) is 5.73 Å². The molecule has 0 radical (unpaired) electrons. The third-order valence-corrected chi connectivity index (χ3v) is 4.55. The summed E-state index contributed by atoms with van der Waals surface area (Å²) in [5.74, 6) is 0.333. The molecule has 2 aromatic rings. The monoisotopic (exact) mass is 369 g/mol. The number of benzene rings is 2. The predicted octanol–water partition coefficient (Wildman–Crippen LogP) is 2.13. The molecule has 0 aliphatic carbocycles. The molecule has 27 heavy (non-hydrogen) atoms. The summed E-state index contributed by atoms with van der Waals surface area (Å²) in [4.78, 5) is 27.3. The molecular formula is C20H23N3O4. The van der Waals surface area contributed by atoms with E-state index in [9.17, 15) is 9.59 Å². The van der Waals surface area contributed by atoms with Gasteiger partial charge in [-0.05, 0) is 24.6 Å². The lowest BCUT2D eigenvalue weighted by atomic mass is 10.1. The van der Waals surface area contributed by atoms with Crippen molar-refractivity contribution < 1.29 is 19.1 Å². The second-order valence-electron chi connectivity index (χ2n) is 6.37. The van der Waals surface area contributed by atoms with E-state index in [0.717, 1.165) is 6.42 Å². The number of hydrogen-bond donors (Lipinski definition) is 2. The number of amides is 2. The van der Waals surface area contributed by atoms with Crippen molar-refractivity contribution in [1.29, 1.82) is 0 Å². The molecule has 1 fully saturated rings. The minimum atomic E-state index is -0.310. The summed E-state index contributed by atoms with van der Waals surface area (Å²) in [7, 11) is 3.00. The van der Waals surface area contributed by atoms with E-state index in [-0.39, 0.29) is 17.9 Å². The van der Waals surface area contributed by atoms with Crippen LogP contribution >= 0.6 is 0 Å². The van der Waals surface area contributed by atoms with Crippen LogP contribution in [-0.2, 0) is 0 Å². The standard InChI is InChI=1S/C20H23N3O4/c1-26-17-10-15(20(25)23-9-8-14(21)12-23)16(11-18(17)27-2)22-19(24)13-6-4-3-5-7-13/h3-7,10-11,14H,8-9,12,21H2,1-2H3,(H,22,24)/t14-/m1/s1. The maximum atomic E-state index is 13.0. The van der Waals surface area contributed by atoms with Crippen LogP contribution in [0.5, 0.6) is 11.5 Å². The number of nitrogens with two attached hydrogens (primary N) is 1. The van der Waals surface area contributed by atoms with Gasteiger partial charge in [-0.25, -0.2) is 0 Å². The van der Waals surface area contributed by atoms with Crippen LogP contribution in [0, 0.1) is 0 Å². The van der Waals surface area contributed by atoms with Crippen LogP contribution in [0.1, 0.15) is 27.1 Å². The van der Waals surface area contributed by atoms with Crippen LogP contribution < -0.4 is 20.5 Å². The molecule has 3 N–H and O–H groups in total. The van der Waals surface area contributed by atoms with Crippen molar-refractivity contribution in [1.82, 2.24) is 4.90 Å². The highest BCUT2D eigenvalue weighted by molar-refractivity contribution is 6.09. The summed E-state index contributed by atoms with van der Waals surface area (Å²) in [5, 5.41) is 2.82. The molecule has 7 heteroatoms. The van der Waals surface area contributed by atoms with Crippen LogP contribution in [0.25, 0.3) is 0 Å². The summed E-state index contributed by atoms with van der Waals surface area (Å²) >= 11 is 0. The van der Waals surface area contributed by atoms with E-state index in [0.29, 0.717) is 41.4 Å². The Balaban J connectivity index is 1.97. The van der Waals surface area contributed by atoms with Crippen molar-refractivity contribution in [3.05, 3.63) is 53.6 Å². The number of methoxy groups -OCH3 is 2. The number of hydrogen-bond acceptors (Lipinski definition) is 5. The third-order valence-electron chi connectivity index (χ3n) is 4.55. The fourth-order valence-corrected chi connectivity index (χ4v) is 3.09. The van der Waals surface area contributed by atoms with Gasteiger partial charge in [0.15, 0.2) is 11.5 Å². The average molecular weight is 369 g/mol. The Bertz CT molecular complexity index is 839. The van der Waals surface area contributed by atoms with Gasteiger partial charge < -0.3 is 25.4 Å². The normalized spacial score (nSPS) is 16.1. The predicted molar refractivity (Wildman–Crippen MR) is 102 cm³/mol. The maximum absolute atomic E-state index is 13.0. The Hall–Kier alpha value is -3.06. The number of ether oxygens (including phenoxy) is 2. The van der Waals surface area contributed by atoms with Crippen molar-refractivity contribution in [3.63, 3.8) is 0 Å². The molecule has 0 bridgehead atoms. The van der Waals surface area contributed by atoms with Crippen LogP contribution in [0.4, 0.5) is 5.69 Å². The number of carbonyl (C=O) groups is 2. The molecule has 142 valence electrons. The van der Waals surface area contributed by atoms with Crippen LogP contribution in [-0.4, -0.2) is 50.1 Å². The largest absolute Gasteiger partial charge is 0.493 e. The zero-order valence-electron chi connectivity index (χ0n) is 15.4. The number of rotatable bonds is 5. The topological polar surface area (TPSA) is 93.9 Å². The molecule has 1 aliphatic heterocycles. The van der Waals surface area contributed by atoms with E-state index >= 15 is 0 Å². The number of anilines is 1. The Kier molecular flexibility index (Phi) is 5.61. The minimum Gasteiger partial charge on any atom is -0.493 e. The van der Waals surface area contributed by atoms with E-state index < -0.39 is 0 Å². The molecule has 2 aromatic carbocycles. The highest BCUT2D eigenvalue weighted by atomic mass is 16.5. The van der Waals surface area contributed by atoms with Crippen molar-refractivity contribution in [3.8, 4) is 11.5 Å². The Morgan fingerprint density at radius 1 is 1.11 bits per heavy atom. The first kappa shape index (κ1) is 18.7. The van der Waals surface area contributed by atoms with Crippen molar-refractivity contribution in [2.45, 2.75) is 12.5 Å². The molecule has 0 saturated carbocycles. The van der Waals surface area contributed by atoms with Gasteiger partial charge >= 0.3 is 0 Å². The first-order chi connectivity index (χ1) is 13.0. The van der Waals surface area contributed by atoms with Gasteiger partial charge in [0.2, 0.25) is 0 Å². The van der Waals surface area contributed by atoms with Gasteiger partial charge in [0.05, 0.1) is 25.5 Å². The fourth-order valence-electron chi connectivity index (χ4n) is 3.09. The lowest BCUT2D eigenvalue weighted by Crippen LogP contribution is -2.32. The summed E-state index contributed by atoms with van der Waals surface area (Å²) in [6, 6.07) is 12.0. The lowest BCUT2D eigenvalue weighted by Gasteiger charge is -2.20. The first-order valence-electron chi connectivity index (χ1n) is 8.70. The number of nitrogens with one attached hydrogen (secondary N) is 1. The van der Waals surface area contributed by atoms with Crippen molar-refractivity contribution >= 4 is 17.5 Å². The highest BCUT2D eigenvalue weighted by Gasteiger charge is 2.28. The van der Waals surface area contributed by atoms with E-state index in [1.165, 1.54) is 14.2 Å². The number of carbonyl (C=O) groups excluding carboxylic acids is 2. The van der Waals surface area contributed by atoms with Crippen LogP contribution in [0.2, 0.25) is 0 Å². The molecular weight excluding hydrogens is 346 g/mol. The lowest BCUT2D eigenvalue weighted by molar-refractivity contribution is 0.0791. The molecule has 3 rings (SSSR count). The molecule has 0 unspecified atom stereocenters. The van der Waals surface area contributed by atoms with E-state index in [2.05, 4.69) is 5.32 Å². The molecule has 1 heterocycles. The number of likely N-dealkylation sites (tertiary alicyclic amines) is 1. The zero-order chi connectivity index (χ0) is 19.4. The molecule has 2 amide bonds. The second kappa shape index (κ2) is 8.09. The van der Waals surface area contributed by atoms with E-state index in [1.54, 1.807) is 41.3 Å². The van der Waals surface area contributed by atoms with Gasteiger partial charge in [0, 0.05) is 30.8 Å². The third kappa shape index (κ3) is 4.03. The number of nitrogens with zero attached hydrogens (tertiary/aromatic N) is 1. The quantitative estimate of drug-likeness (QED) is 0.842. The van der Waals surface area contributed by atoms with Crippen LogP contribution in [0.3, 0.4) is 0 Å². The summed E-state index contributed by atoms with van der Waals surface area (Å²) < 4.78 is 10.6. The summed E-state index contributed by atoms with van der Waals surface area (Å²) in [6.45, 7) is 1.07. The zero-order valence-corrected chi connectivity index (χ0v) is 15.4. The Labute approximate surface area is 158 Å². The first-order valence-corrected chi connectivity index (χ1v) is 8.70. The van der Waals surface area contributed by atoms with Gasteiger partial charge in [-0.3, -0.25) is 9.59 Å². The summed E-state index contributed by atoms with van der Waals surface area (Å²) in [6.07, 6.45) is 0.755. The van der Waals surface area contributed by atoms with Crippen LogP contribution in [0.15, 0.2) is 42.5 Å². The second-order valence-corrected chi connectivity index (χ2v) is 6.37.